The second-order valence-corrected chi connectivity index (χ2v) is 9.29. The maximum atomic E-state index is 10.7. The SMILES string of the molecule is O=S(=O)(O)C(F)(F)F.O=S(=O)(O)C(F)(F)F.O=S(=O)(O)C(F)(F)F.OCCOCCOCCOCCO.[Yb]. The molecule has 0 aromatic heterocycles. The minimum atomic E-state index is -5.84. The number of aliphatic hydroxyl groups is 2. The van der Waals surface area contributed by atoms with E-state index in [-0.39, 0.29) is 60.1 Å². The van der Waals surface area contributed by atoms with Crippen molar-refractivity contribution in [3.05, 3.63) is 0 Å². The fraction of sp³-hybridized carbons (Fsp3) is 1.00. The van der Waals surface area contributed by atoms with Crippen LogP contribution < -0.4 is 0 Å². The Balaban J connectivity index is -0.000000130. The molecule has 14 nitrogen and oxygen atoms in total. The van der Waals surface area contributed by atoms with Crippen LogP contribution in [-0.4, -0.2) is 119 Å². The van der Waals surface area contributed by atoms with Gasteiger partial charge in [0, 0.05) is 46.9 Å². The molecular formula is C11H21F9O14S3Yb. The zero-order valence-corrected chi connectivity index (χ0v) is 22.1. The fourth-order valence-electron chi connectivity index (χ4n) is 0.671. The van der Waals surface area contributed by atoms with Crippen LogP contribution in [0, 0.1) is 46.9 Å². The third kappa shape index (κ3) is 32.6. The first-order chi connectivity index (χ1) is 16.2. The number of aliphatic hydroxyl groups excluding tert-OH is 2. The Morgan fingerprint density at radius 1 is 0.447 bits per heavy atom. The number of halogens is 9. The molecule has 0 fully saturated rings. The van der Waals surface area contributed by atoms with Crippen LogP contribution in [0.15, 0.2) is 0 Å². The number of ether oxygens (including phenoxy) is 3. The molecule has 38 heavy (non-hydrogen) atoms. The van der Waals surface area contributed by atoms with Gasteiger partial charge in [-0.2, -0.15) is 64.8 Å². The van der Waals surface area contributed by atoms with Crippen LogP contribution >= 0.6 is 0 Å². The molecule has 0 saturated heterocycles. The normalized spacial score (nSPS) is 12.5. The monoisotopic (exact) mass is 818 g/mol. The van der Waals surface area contributed by atoms with Crippen LogP contribution in [0.3, 0.4) is 0 Å². The average molecular weight is 817 g/mol. The third-order valence-electron chi connectivity index (χ3n) is 2.09. The van der Waals surface area contributed by atoms with E-state index in [1.807, 2.05) is 0 Å². The number of hydrogen-bond acceptors (Lipinski definition) is 11. The summed E-state index contributed by atoms with van der Waals surface area (Å²) in [5.41, 5.74) is -16.6. The summed E-state index contributed by atoms with van der Waals surface area (Å²) in [7, 11) is -17.5. The van der Waals surface area contributed by atoms with Gasteiger partial charge in [0.1, 0.15) is 0 Å². The first-order valence-corrected chi connectivity index (χ1v) is 12.5. The molecule has 0 aliphatic rings. The van der Waals surface area contributed by atoms with E-state index < -0.39 is 46.9 Å². The first kappa shape index (κ1) is 48.2. The Bertz CT molecular complexity index is 777. The number of hydrogen-bond donors (Lipinski definition) is 5. The van der Waals surface area contributed by atoms with Gasteiger partial charge in [0.2, 0.25) is 0 Å². The van der Waals surface area contributed by atoms with Gasteiger partial charge < -0.3 is 24.4 Å². The van der Waals surface area contributed by atoms with Gasteiger partial charge in [-0.05, 0) is 0 Å². The van der Waals surface area contributed by atoms with Gasteiger partial charge in [0.25, 0.3) is 0 Å². The second kappa shape index (κ2) is 22.1. The van der Waals surface area contributed by atoms with Gasteiger partial charge in [-0.15, -0.1) is 0 Å². The van der Waals surface area contributed by atoms with Gasteiger partial charge in [0.05, 0.1) is 52.9 Å². The fourth-order valence-corrected chi connectivity index (χ4v) is 0.671. The van der Waals surface area contributed by atoms with Gasteiger partial charge in [-0.25, -0.2) is 0 Å². The predicted octanol–water partition coefficient (Wildman–Crippen LogP) is 0.203. The van der Waals surface area contributed by atoms with Crippen molar-refractivity contribution < 1.29 is 150 Å². The maximum Gasteiger partial charge on any atom is 0.522 e. The van der Waals surface area contributed by atoms with Crippen LogP contribution in [0.1, 0.15) is 0 Å². The van der Waals surface area contributed by atoms with E-state index >= 15 is 0 Å². The van der Waals surface area contributed by atoms with Crippen molar-refractivity contribution in [2.24, 2.45) is 0 Å². The Kier molecular flexibility index (Phi) is 28.0. The van der Waals surface area contributed by atoms with Crippen molar-refractivity contribution in [1.29, 1.82) is 0 Å². The number of alkyl halides is 9. The van der Waals surface area contributed by atoms with Gasteiger partial charge >= 0.3 is 46.9 Å². The van der Waals surface area contributed by atoms with Crippen LogP contribution in [-0.2, 0) is 44.6 Å². The molecule has 0 radical (unpaired) electrons. The van der Waals surface area contributed by atoms with E-state index in [1.54, 1.807) is 0 Å². The Morgan fingerprint density at radius 3 is 0.684 bits per heavy atom. The minimum Gasteiger partial charge on any atom is -0.394 e. The van der Waals surface area contributed by atoms with Crippen LogP contribution in [0.5, 0.6) is 0 Å². The largest absolute Gasteiger partial charge is 0.522 e. The van der Waals surface area contributed by atoms with Gasteiger partial charge in [0.15, 0.2) is 0 Å². The number of rotatable bonds is 10. The quantitative estimate of drug-likeness (QED) is 0.0859. The van der Waals surface area contributed by atoms with E-state index in [0.717, 1.165) is 0 Å². The zero-order chi connectivity index (χ0) is 30.8. The van der Waals surface area contributed by atoms with Crippen LogP contribution in [0.4, 0.5) is 39.5 Å². The van der Waals surface area contributed by atoms with Gasteiger partial charge in [-0.1, -0.05) is 0 Å². The summed E-state index contributed by atoms with van der Waals surface area (Å²) in [6.45, 7) is 2.76. The van der Waals surface area contributed by atoms with Gasteiger partial charge in [-0.3, -0.25) is 13.7 Å². The molecule has 5 N–H and O–H groups in total. The molecule has 27 heteroatoms. The summed E-state index contributed by atoms with van der Waals surface area (Å²) in [5.74, 6) is 0. The minimum absolute atomic E-state index is 0. The zero-order valence-electron chi connectivity index (χ0n) is 18.0. The molecule has 0 amide bonds. The van der Waals surface area contributed by atoms with E-state index in [0.29, 0.717) is 39.6 Å². The molecule has 0 aromatic carbocycles. The molecule has 0 atom stereocenters. The molecule has 0 unspecified atom stereocenters. The van der Waals surface area contributed by atoms with Crippen LogP contribution in [0.25, 0.3) is 0 Å². The molecule has 0 aromatic rings. The Labute approximate surface area is 247 Å². The van der Waals surface area contributed by atoms with Crippen LogP contribution in [0.2, 0.25) is 0 Å². The molecule has 0 bridgehead atoms. The van der Waals surface area contributed by atoms with Crippen molar-refractivity contribution in [3.63, 3.8) is 0 Å². The predicted molar refractivity (Wildman–Crippen MR) is 99.4 cm³/mol. The summed E-state index contributed by atoms with van der Waals surface area (Å²) in [5, 5.41) is 16.7. The summed E-state index contributed by atoms with van der Waals surface area (Å²) >= 11 is 0. The molecule has 0 saturated carbocycles. The smallest absolute Gasteiger partial charge is 0.394 e. The topological polar surface area (TPSA) is 231 Å². The van der Waals surface area contributed by atoms with Crippen molar-refractivity contribution in [3.8, 4) is 0 Å². The van der Waals surface area contributed by atoms with E-state index in [4.69, 9.17) is 63.3 Å². The Morgan fingerprint density at radius 2 is 0.579 bits per heavy atom. The van der Waals surface area contributed by atoms with Crippen molar-refractivity contribution >= 4 is 30.4 Å². The molecule has 0 spiro atoms. The van der Waals surface area contributed by atoms with E-state index in [1.165, 1.54) is 0 Å². The first-order valence-electron chi connectivity index (χ1n) is 8.23. The second-order valence-electron chi connectivity index (χ2n) is 5.05. The molecule has 0 aliphatic carbocycles. The average Bonchev–Trinajstić information content (AvgIpc) is 2.63. The van der Waals surface area contributed by atoms with E-state index in [9.17, 15) is 39.5 Å². The maximum absolute atomic E-state index is 10.7. The van der Waals surface area contributed by atoms with Crippen molar-refractivity contribution in [2.75, 3.05) is 52.9 Å². The van der Waals surface area contributed by atoms with E-state index in [2.05, 4.69) is 0 Å². The summed E-state index contributed by atoms with van der Waals surface area (Å²) in [6, 6.07) is 0. The Hall–Kier alpha value is 0.419. The van der Waals surface area contributed by atoms with Crippen molar-refractivity contribution in [2.45, 2.75) is 16.5 Å². The standard InChI is InChI=1S/C8H18O5.3CHF3O3S.Yb/c9-1-3-11-5-7-13-8-6-12-4-2-10;3*2-1(3,4)8(5,6)7;/h9-10H,1-8H2;3*(H,5,6,7);. The summed E-state index contributed by atoms with van der Waals surface area (Å²) in [6.07, 6.45) is 0. The molecule has 0 aliphatic heterocycles. The molecule has 0 heterocycles. The third-order valence-corrected chi connectivity index (χ3v) is 3.85. The summed E-state index contributed by atoms with van der Waals surface area (Å²) in [4.78, 5) is 0. The molecular weight excluding hydrogens is 796 g/mol. The molecule has 244 valence electrons. The van der Waals surface area contributed by atoms with Crippen molar-refractivity contribution in [1.82, 2.24) is 0 Å². The molecule has 0 rings (SSSR count). The summed E-state index contributed by atoms with van der Waals surface area (Å²) < 4.78 is 188.